The van der Waals surface area contributed by atoms with Crippen molar-refractivity contribution in [1.29, 1.82) is 0 Å². The molecule has 1 aromatic rings. The molecule has 0 aliphatic carbocycles. The Bertz CT molecular complexity index is 325. The molecule has 4 heteroatoms. The van der Waals surface area contributed by atoms with Gasteiger partial charge in [0, 0.05) is 12.6 Å². The van der Waals surface area contributed by atoms with E-state index >= 15 is 0 Å². The second-order valence-corrected chi connectivity index (χ2v) is 5.01. The zero-order valence-electron chi connectivity index (χ0n) is 10.3. The van der Waals surface area contributed by atoms with Crippen molar-refractivity contribution in [3.05, 3.63) is 11.1 Å². The Morgan fingerprint density at radius 1 is 1.56 bits per heavy atom. The summed E-state index contributed by atoms with van der Waals surface area (Å²) in [5, 5.41) is 0.977. The summed E-state index contributed by atoms with van der Waals surface area (Å²) in [5.41, 5.74) is 0. The molecule has 1 atom stereocenters. The summed E-state index contributed by atoms with van der Waals surface area (Å²) in [6.07, 6.45) is 5.98. The van der Waals surface area contributed by atoms with E-state index in [0.29, 0.717) is 10.9 Å². The average molecular weight is 240 g/mol. The zero-order valence-corrected chi connectivity index (χ0v) is 11.1. The van der Waals surface area contributed by atoms with Crippen molar-refractivity contribution in [1.82, 2.24) is 4.98 Å². The SMILES string of the molecule is CCCCN(c1ncc(C=O)s1)C(C)CC. The monoisotopic (exact) mass is 240 g/mol. The number of aldehydes is 1. The second-order valence-electron chi connectivity index (χ2n) is 3.97. The number of rotatable bonds is 7. The van der Waals surface area contributed by atoms with Crippen LogP contribution in [0.25, 0.3) is 0 Å². The lowest BCUT2D eigenvalue weighted by molar-refractivity contribution is 0.112. The van der Waals surface area contributed by atoms with E-state index in [-0.39, 0.29) is 0 Å². The maximum absolute atomic E-state index is 10.6. The van der Waals surface area contributed by atoms with Crippen molar-refractivity contribution in [3.8, 4) is 0 Å². The first-order chi connectivity index (χ1) is 7.72. The fourth-order valence-corrected chi connectivity index (χ4v) is 2.38. The van der Waals surface area contributed by atoms with Gasteiger partial charge >= 0.3 is 0 Å². The molecule has 0 aliphatic rings. The van der Waals surface area contributed by atoms with E-state index in [1.54, 1.807) is 6.20 Å². The van der Waals surface area contributed by atoms with Gasteiger partial charge in [0.1, 0.15) is 0 Å². The number of unbranched alkanes of at least 4 members (excludes halogenated alkanes) is 1. The van der Waals surface area contributed by atoms with Gasteiger partial charge in [-0.25, -0.2) is 4.98 Å². The van der Waals surface area contributed by atoms with Gasteiger partial charge in [-0.3, -0.25) is 4.79 Å². The molecule has 90 valence electrons. The molecular formula is C12H20N2OS. The molecule has 0 saturated carbocycles. The molecule has 0 aromatic carbocycles. The van der Waals surface area contributed by atoms with Crippen LogP contribution in [0, 0.1) is 0 Å². The molecule has 0 fully saturated rings. The number of carbonyl (C=O) groups excluding carboxylic acids is 1. The van der Waals surface area contributed by atoms with Crippen molar-refractivity contribution < 1.29 is 4.79 Å². The molecule has 16 heavy (non-hydrogen) atoms. The molecule has 1 unspecified atom stereocenters. The standard InChI is InChI=1S/C12H20N2OS/c1-4-6-7-14(10(3)5-2)12-13-8-11(9-15)16-12/h8-10H,4-7H2,1-3H3. The fraction of sp³-hybridized carbons (Fsp3) is 0.667. The van der Waals surface area contributed by atoms with Gasteiger partial charge in [0.25, 0.3) is 0 Å². The van der Waals surface area contributed by atoms with Gasteiger partial charge in [-0.15, -0.1) is 0 Å². The Morgan fingerprint density at radius 3 is 2.81 bits per heavy atom. The summed E-state index contributed by atoms with van der Waals surface area (Å²) in [7, 11) is 0. The van der Waals surface area contributed by atoms with E-state index in [1.165, 1.54) is 24.2 Å². The first-order valence-corrected chi connectivity index (χ1v) is 6.72. The number of anilines is 1. The van der Waals surface area contributed by atoms with E-state index < -0.39 is 0 Å². The number of nitrogens with zero attached hydrogens (tertiary/aromatic N) is 2. The molecule has 1 rings (SSSR count). The number of hydrogen-bond acceptors (Lipinski definition) is 4. The van der Waals surface area contributed by atoms with E-state index in [4.69, 9.17) is 0 Å². The number of aromatic nitrogens is 1. The molecule has 0 radical (unpaired) electrons. The van der Waals surface area contributed by atoms with Crippen LogP contribution in [0.2, 0.25) is 0 Å². The maximum atomic E-state index is 10.6. The van der Waals surface area contributed by atoms with Crippen molar-refractivity contribution in [2.45, 2.75) is 46.1 Å². The second kappa shape index (κ2) is 6.63. The smallest absolute Gasteiger partial charge is 0.186 e. The van der Waals surface area contributed by atoms with Gasteiger partial charge in [0.05, 0.1) is 11.1 Å². The van der Waals surface area contributed by atoms with E-state index in [9.17, 15) is 4.79 Å². The molecule has 1 heterocycles. The quantitative estimate of drug-likeness (QED) is 0.685. The highest BCUT2D eigenvalue weighted by molar-refractivity contribution is 7.17. The van der Waals surface area contributed by atoms with Crippen LogP contribution in [-0.2, 0) is 0 Å². The highest BCUT2D eigenvalue weighted by Crippen LogP contribution is 2.24. The molecule has 0 bridgehead atoms. The van der Waals surface area contributed by atoms with Gasteiger partial charge in [0.15, 0.2) is 11.4 Å². The Morgan fingerprint density at radius 2 is 2.31 bits per heavy atom. The van der Waals surface area contributed by atoms with E-state index in [2.05, 4.69) is 30.7 Å². The number of carbonyl (C=O) groups is 1. The Hall–Kier alpha value is -0.900. The molecule has 0 amide bonds. The largest absolute Gasteiger partial charge is 0.345 e. The van der Waals surface area contributed by atoms with Crippen LogP contribution in [0.4, 0.5) is 5.13 Å². The summed E-state index contributed by atoms with van der Waals surface area (Å²) < 4.78 is 0. The predicted molar refractivity (Wildman–Crippen MR) is 69.5 cm³/mol. The summed E-state index contributed by atoms with van der Waals surface area (Å²) in [6, 6.07) is 0.484. The maximum Gasteiger partial charge on any atom is 0.186 e. The minimum atomic E-state index is 0.484. The molecule has 0 spiro atoms. The molecule has 3 nitrogen and oxygen atoms in total. The lowest BCUT2D eigenvalue weighted by Crippen LogP contribution is -2.33. The highest BCUT2D eigenvalue weighted by atomic mass is 32.1. The lowest BCUT2D eigenvalue weighted by Gasteiger charge is -2.27. The lowest BCUT2D eigenvalue weighted by atomic mass is 10.2. The van der Waals surface area contributed by atoms with Crippen LogP contribution in [0.15, 0.2) is 6.20 Å². The normalized spacial score (nSPS) is 12.4. The summed E-state index contributed by atoms with van der Waals surface area (Å²) in [4.78, 5) is 18.0. The van der Waals surface area contributed by atoms with Gasteiger partial charge in [-0.1, -0.05) is 31.6 Å². The van der Waals surface area contributed by atoms with Crippen molar-refractivity contribution in [3.63, 3.8) is 0 Å². The van der Waals surface area contributed by atoms with Crippen LogP contribution < -0.4 is 4.90 Å². The van der Waals surface area contributed by atoms with Gasteiger partial charge in [-0.05, 0) is 19.8 Å². The van der Waals surface area contributed by atoms with E-state index in [0.717, 1.165) is 24.4 Å². The van der Waals surface area contributed by atoms with Crippen LogP contribution in [0.3, 0.4) is 0 Å². The highest BCUT2D eigenvalue weighted by Gasteiger charge is 2.15. The molecular weight excluding hydrogens is 220 g/mol. The molecule has 0 aliphatic heterocycles. The number of thiazole rings is 1. The molecule has 0 saturated heterocycles. The van der Waals surface area contributed by atoms with Crippen molar-refractivity contribution in [2.75, 3.05) is 11.4 Å². The fourth-order valence-electron chi connectivity index (χ4n) is 1.52. The van der Waals surface area contributed by atoms with E-state index in [1.807, 2.05) is 0 Å². The van der Waals surface area contributed by atoms with Crippen LogP contribution in [0.1, 0.15) is 49.7 Å². The summed E-state index contributed by atoms with van der Waals surface area (Å²) >= 11 is 1.48. The molecule has 1 aromatic heterocycles. The van der Waals surface area contributed by atoms with Crippen LogP contribution in [-0.4, -0.2) is 23.9 Å². The van der Waals surface area contributed by atoms with Gasteiger partial charge in [0.2, 0.25) is 0 Å². The minimum Gasteiger partial charge on any atom is -0.345 e. The Kier molecular flexibility index (Phi) is 5.46. The van der Waals surface area contributed by atoms with Crippen molar-refractivity contribution >= 4 is 22.8 Å². The zero-order chi connectivity index (χ0) is 12.0. The Labute approximate surface area is 101 Å². The third-order valence-electron chi connectivity index (χ3n) is 2.75. The third-order valence-corrected chi connectivity index (χ3v) is 3.71. The topological polar surface area (TPSA) is 33.2 Å². The van der Waals surface area contributed by atoms with Crippen LogP contribution in [0.5, 0.6) is 0 Å². The van der Waals surface area contributed by atoms with Gasteiger partial charge < -0.3 is 4.90 Å². The Balaban J connectivity index is 2.77. The first-order valence-electron chi connectivity index (χ1n) is 5.90. The third kappa shape index (κ3) is 3.30. The average Bonchev–Trinajstić information content (AvgIpc) is 2.77. The predicted octanol–water partition coefficient (Wildman–Crippen LogP) is 3.36. The minimum absolute atomic E-state index is 0.484. The first kappa shape index (κ1) is 13.2. The molecule has 0 N–H and O–H groups in total. The van der Waals surface area contributed by atoms with Crippen LogP contribution >= 0.6 is 11.3 Å². The summed E-state index contributed by atoms with van der Waals surface area (Å²) in [5.74, 6) is 0. The van der Waals surface area contributed by atoms with Crippen molar-refractivity contribution in [2.24, 2.45) is 0 Å². The number of hydrogen-bond donors (Lipinski definition) is 0. The van der Waals surface area contributed by atoms with Gasteiger partial charge in [-0.2, -0.15) is 0 Å². The summed E-state index contributed by atoms with van der Waals surface area (Å²) in [6.45, 7) is 7.60.